The smallest absolute Gasteiger partial charge is 0.260 e. The van der Waals surface area contributed by atoms with Gasteiger partial charge in [-0.25, -0.2) is 0 Å². The summed E-state index contributed by atoms with van der Waals surface area (Å²) >= 11 is 0. The summed E-state index contributed by atoms with van der Waals surface area (Å²) in [6.45, 7) is 0. The van der Waals surface area contributed by atoms with Crippen molar-refractivity contribution >= 4 is 11.7 Å². The van der Waals surface area contributed by atoms with Gasteiger partial charge in [0.1, 0.15) is 11.4 Å². The van der Waals surface area contributed by atoms with Crippen LogP contribution in [0.3, 0.4) is 0 Å². The Bertz CT molecular complexity index is 617. The predicted octanol–water partition coefficient (Wildman–Crippen LogP) is -0.487. The van der Waals surface area contributed by atoms with Crippen molar-refractivity contribution in [3.63, 3.8) is 0 Å². The molecule has 2 aromatic rings. The molecule has 0 bridgehead atoms. The number of nitrogens with one attached hydrogen (secondary N) is 1. The average molecular weight is 231 g/mol. The molecule has 0 aromatic carbocycles. The number of hydrogen-bond acceptors (Lipinski definition) is 5. The first kappa shape index (κ1) is 10.8. The molecule has 17 heavy (non-hydrogen) atoms. The quantitative estimate of drug-likeness (QED) is 0.642. The Balaban J connectivity index is 2.53. The second kappa shape index (κ2) is 4.05. The molecule has 7 nitrogen and oxygen atoms in total. The van der Waals surface area contributed by atoms with Crippen molar-refractivity contribution in [1.29, 1.82) is 0 Å². The highest BCUT2D eigenvalue weighted by Gasteiger charge is 2.09. The van der Waals surface area contributed by atoms with Gasteiger partial charge in [0.25, 0.3) is 11.5 Å². The Morgan fingerprint density at radius 2 is 2.06 bits per heavy atom. The number of aromatic amines is 1. The highest BCUT2D eigenvalue weighted by molar-refractivity contribution is 5.93. The Kier molecular flexibility index (Phi) is 2.57. The maximum Gasteiger partial charge on any atom is 0.260 e. The highest BCUT2D eigenvalue weighted by atomic mass is 16.2. The van der Waals surface area contributed by atoms with Crippen molar-refractivity contribution in [3.05, 3.63) is 40.3 Å². The van der Waals surface area contributed by atoms with Crippen LogP contribution < -0.4 is 17.0 Å². The largest absolute Gasteiger partial charge is 0.382 e. The maximum absolute atomic E-state index is 11.3. The number of hydrogen-bond donors (Lipinski definition) is 3. The minimum Gasteiger partial charge on any atom is -0.382 e. The zero-order valence-corrected chi connectivity index (χ0v) is 8.68. The molecule has 0 spiro atoms. The molecule has 0 aliphatic carbocycles. The molecule has 5 N–H and O–H groups in total. The Morgan fingerprint density at radius 1 is 1.29 bits per heavy atom. The second-order valence-corrected chi connectivity index (χ2v) is 3.34. The third-order valence-electron chi connectivity index (χ3n) is 2.15. The summed E-state index contributed by atoms with van der Waals surface area (Å²) in [7, 11) is 0. The van der Waals surface area contributed by atoms with Gasteiger partial charge in [0, 0.05) is 11.8 Å². The number of H-pyrrole nitrogens is 1. The highest BCUT2D eigenvalue weighted by Crippen LogP contribution is 2.14. The fourth-order valence-electron chi connectivity index (χ4n) is 1.31. The van der Waals surface area contributed by atoms with Crippen LogP contribution in [-0.2, 0) is 0 Å². The van der Waals surface area contributed by atoms with Crippen LogP contribution in [0.5, 0.6) is 0 Å². The van der Waals surface area contributed by atoms with Crippen molar-refractivity contribution in [2.75, 3.05) is 5.73 Å². The summed E-state index contributed by atoms with van der Waals surface area (Å²) < 4.78 is 0. The van der Waals surface area contributed by atoms with E-state index in [1.54, 1.807) is 12.1 Å². The SMILES string of the molecule is NC(=O)c1cc(-c2ccc(N)nn2)c[nH]c1=O. The van der Waals surface area contributed by atoms with Crippen LogP contribution in [-0.4, -0.2) is 21.1 Å². The van der Waals surface area contributed by atoms with Gasteiger partial charge in [-0.2, -0.15) is 0 Å². The van der Waals surface area contributed by atoms with Crippen LogP contribution in [0.25, 0.3) is 11.3 Å². The molecule has 0 radical (unpaired) electrons. The molecule has 0 saturated carbocycles. The molecule has 2 rings (SSSR count). The summed E-state index contributed by atoms with van der Waals surface area (Å²) in [6.07, 6.45) is 1.43. The van der Waals surface area contributed by atoms with Gasteiger partial charge in [0.2, 0.25) is 0 Å². The van der Waals surface area contributed by atoms with Gasteiger partial charge in [0.15, 0.2) is 0 Å². The Morgan fingerprint density at radius 3 is 2.65 bits per heavy atom. The molecule has 0 atom stereocenters. The molecule has 0 aliphatic rings. The van der Waals surface area contributed by atoms with Crippen molar-refractivity contribution in [1.82, 2.24) is 15.2 Å². The second-order valence-electron chi connectivity index (χ2n) is 3.34. The van der Waals surface area contributed by atoms with Crippen molar-refractivity contribution in [3.8, 4) is 11.3 Å². The fourth-order valence-corrected chi connectivity index (χ4v) is 1.31. The lowest BCUT2D eigenvalue weighted by Crippen LogP contribution is -2.23. The molecule has 2 heterocycles. The van der Waals surface area contributed by atoms with Crippen LogP contribution in [0.4, 0.5) is 5.82 Å². The monoisotopic (exact) mass is 231 g/mol. The van der Waals surface area contributed by atoms with Gasteiger partial charge < -0.3 is 16.5 Å². The first-order chi connectivity index (χ1) is 8.08. The van der Waals surface area contributed by atoms with E-state index < -0.39 is 11.5 Å². The zero-order valence-electron chi connectivity index (χ0n) is 8.68. The molecule has 86 valence electrons. The van der Waals surface area contributed by atoms with E-state index in [1.807, 2.05) is 0 Å². The van der Waals surface area contributed by atoms with Crippen LogP contribution >= 0.6 is 0 Å². The van der Waals surface area contributed by atoms with Crippen molar-refractivity contribution < 1.29 is 4.79 Å². The Labute approximate surface area is 95.5 Å². The van der Waals surface area contributed by atoms with Gasteiger partial charge in [-0.3, -0.25) is 9.59 Å². The minimum atomic E-state index is -0.795. The maximum atomic E-state index is 11.3. The van der Waals surface area contributed by atoms with E-state index in [9.17, 15) is 9.59 Å². The number of primary amides is 1. The van der Waals surface area contributed by atoms with E-state index >= 15 is 0 Å². The number of aromatic nitrogens is 3. The number of nitrogen functional groups attached to an aromatic ring is 1. The number of amides is 1. The molecular weight excluding hydrogens is 222 g/mol. The molecular formula is C10H9N5O2. The lowest BCUT2D eigenvalue weighted by atomic mass is 10.1. The van der Waals surface area contributed by atoms with Crippen molar-refractivity contribution in [2.24, 2.45) is 5.73 Å². The predicted molar refractivity (Wildman–Crippen MR) is 61.0 cm³/mol. The number of rotatable bonds is 2. The minimum absolute atomic E-state index is 0.124. The van der Waals surface area contributed by atoms with E-state index in [4.69, 9.17) is 11.5 Å². The van der Waals surface area contributed by atoms with Crippen LogP contribution in [0.15, 0.2) is 29.2 Å². The molecule has 0 fully saturated rings. The summed E-state index contributed by atoms with van der Waals surface area (Å²) in [6, 6.07) is 4.56. The third kappa shape index (κ3) is 2.12. The number of pyridine rings is 1. The standard InChI is InChI=1S/C10H9N5O2/c11-8-2-1-7(14-15-8)5-3-6(9(12)16)10(17)13-4-5/h1-4H,(H2,11,15)(H2,12,16)(H,13,17). The number of nitrogens with zero attached hydrogens (tertiary/aromatic N) is 2. The van der Waals surface area contributed by atoms with E-state index in [1.165, 1.54) is 12.3 Å². The summed E-state index contributed by atoms with van der Waals surface area (Å²) in [5, 5.41) is 7.50. The molecule has 7 heteroatoms. The lowest BCUT2D eigenvalue weighted by molar-refractivity contribution is 0.0999. The number of carbonyl (C=O) groups excluding carboxylic acids is 1. The van der Waals surface area contributed by atoms with Gasteiger partial charge in [0.05, 0.1) is 5.69 Å². The molecule has 0 saturated heterocycles. The number of anilines is 1. The third-order valence-corrected chi connectivity index (χ3v) is 2.15. The number of carbonyl (C=O) groups is 1. The van der Waals surface area contributed by atoms with E-state index in [2.05, 4.69) is 15.2 Å². The zero-order chi connectivity index (χ0) is 12.4. The summed E-state index contributed by atoms with van der Waals surface area (Å²) in [5.74, 6) is -0.509. The van der Waals surface area contributed by atoms with Crippen LogP contribution in [0, 0.1) is 0 Å². The van der Waals surface area contributed by atoms with Crippen molar-refractivity contribution in [2.45, 2.75) is 0 Å². The van der Waals surface area contributed by atoms with Gasteiger partial charge in [-0.05, 0) is 18.2 Å². The molecule has 2 aromatic heterocycles. The summed E-state index contributed by atoms with van der Waals surface area (Å²) in [4.78, 5) is 24.7. The van der Waals surface area contributed by atoms with Gasteiger partial charge >= 0.3 is 0 Å². The van der Waals surface area contributed by atoms with E-state index in [0.29, 0.717) is 11.3 Å². The fraction of sp³-hybridized carbons (Fsp3) is 0. The first-order valence-corrected chi connectivity index (χ1v) is 4.70. The van der Waals surface area contributed by atoms with Crippen LogP contribution in [0.1, 0.15) is 10.4 Å². The molecule has 1 amide bonds. The average Bonchev–Trinajstić information content (AvgIpc) is 2.30. The Hall–Kier alpha value is -2.70. The lowest BCUT2D eigenvalue weighted by Gasteiger charge is -2.01. The van der Waals surface area contributed by atoms with Gasteiger partial charge in [-0.1, -0.05) is 0 Å². The normalized spacial score (nSPS) is 10.1. The molecule has 0 aliphatic heterocycles. The van der Waals surface area contributed by atoms with Crippen LogP contribution in [0.2, 0.25) is 0 Å². The number of nitrogens with two attached hydrogens (primary N) is 2. The van der Waals surface area contributed by atoms with E-state index in [0.717, 1.165) is 0 Å². The summed E-state index contributed by atoms with van der Waals surface area (Å²) in [5.41, 5.74) is 10.8. The van der Waals surface area contributed by atoms with E-state index in [-0.39, 0.29) is 11.4 Å². The topological polar surface area (TPSA) is 128 Å². The van der Waals surface area contributed by atoms with Gasteiger partial charge in [-0.15, -0.1) is 10.2 Å². The molecule has 0 unspecified atom stereocenters. The first-order valence-electron chi connectivity index (χ1n) is 4.70.